The highest BCUT2D eigenvalue weighted by atomic mass is 32.2. The summed E-state index contributed by atoms with van der Waals surface area (Å²) in [5.41, 5.74) is 1.11. The standard InChI is InChI=1S/C25H38N2O5S/c1-4-6-14-32-25(31)20(13-12-19-10-8-7-9-11-19)26-21-16-33-17-22(18(3)5-2)27(24(21)30)15-23(28)29/h7-11,18,20-22,26H,4-6,12-17H2,1-3H3,(H,28,29). The number of thioether (sulfide) groups is 1. The second-order valence-electron chi connectivity index (χ2n) is 8.67. The van der Waals surface area contributed by atoms with Gasteiger partial charge in [-0.3, -0.25) is 19.7 Å². The molecule has 1 aromatic carbocycles. The summed E-state index contributed by atoms with van der Waals surface area (Å²) < 4.78 is 5.48. The van der Waals surface area contributed by atoms with E-state index < -0.39 is 18.1 Å². The largest absolute Gasteiger partial charge is 0.480 e. The van der Waals surface area contributed by atoms with Crippen molar-refractivity contribution in [2.45, 2.75) is 71.0 Å². The molecule has 1 heterocycles. The average Bonchev–Trinajstić information content (AvgIpc) is 2.95. The van der Waals surface area contributed by atoms with Crippen molar-refractivity contribution in [3.05, 3.63) is 35.9 Å². The molecule has 0 radical (unpaired) electrons. The molecule has 8 heteroatoms. The minimum atomic E-state index is -1.03. The van der Waals surface area contributed by atoms with E-state index in [-0.39, 0.29) is 30.4 Å². The van der Waals surface area contributed by atoms with Gasteiger partial charge in [0.1, 0.15) is 12.6 Å². The number of aryl methyl sites for hydroxylation is 1. The van der Waals surface area contributed by atoms with Gasteiger partial charge in [0.15, 0.2) is 0 Å². The highest BCUT2D eigenvalue weighted by Crippen LogP contribution is 2.25. The van der Waals surface area contributed by atoms with E-state index >= 15 is 0 Å². The van der Waals surface area contributed by atoms with Crippen LogP contribution in [0, 0.1) is 5.92 Å². The molecule has 2 rings (SSSR count). The number of nitrogens with one attached hydrogen (secondary N) is 1. The van der Waals surface area contributed by atoms with Crippen molar-refractivity contribution >= 4 is 29.6 Å². The lowest BCUT2D eigenvalue weighted by Gasteiger charge is -2.34. The van der Waals surface area contributed by atoms with Gasteiger partial charge in [0, 0.05) is 17.5 Å². The van der Waals surface area contributed by atoms with Crippen molar-refractivity contribution in [2.75, 3.05) is 24.7 Å². The monoisotopic (exact) mass is 478 g/mol. The van der Waals surface area contributed by atoms with Crippen molar-refractivity contribution in [3.8, 4) is 0 Å². The fourth-order valence-electron chi connectivity index (χ4n) is 3.92. The second-order valence-corrected chi connectivity index (χ2v) is 9.74. The van der Waals surface area contributed by atoms with Crippen molar-refractivity contribution in [1.82, 2.24) is 10.2 Å². The Labute approximate surface area is 201 Å². The molecule has 2 N–H and O–H groups in total. The maximum Gasteiger partial charge on any atom is 0.323 e. The topological polar surface area (TPSA) is 95.9 Å². The SMILES string of the molecule is CCCCOC(=O)C(CCc1ccccc1)NC1CSCC(C(C)CC)N(CC(=O)O)C1=O. The third-order valence-electron chi connectivity index (χ3n) is 6.15. The van der Waals surface area contributed by atoms with Gasteiger partial charge in [-0.15, -0.1) is 0 Å². The summed E-state index contributed by atoms with van der Waals surface area (Å²) in [6, 6.07) is 8.48. The number of benzene rings is 1. The number of aliphatic carboxylic acids is 1. The van der Waals surface area contributed by atoms with Gasteiger partial charge >= 0.3 is 11.9 Å². The normalized spacial score (nSPS) is 20.7. The number of ether oxygens (including phenoxy) is 1. The Morgan fingerprint density at radius 1 is 1.24 bits per heavy atom. The number of nitrogens with zero attached hydrogens (tertiary/aromatic N) is 1. The Hall–Kier alpha value is -2.06. The van der Waals surface area contributed by atoms with Crippen molar-refractivity contribution in [3.63, 3.8) is 0 Å². The Morgan fingerprint density at radius 2 is 1.97 bits per heavy atom. The van der Waals surface area contributed by atoms with Crippen LogP contribution in [0.1, 0.15) is 52.0 Å². The lowest BCUT2D eigenvalue weighted by atomic mass is 9.98. The van der Waals surface area contributed by atoms with E-state index in [9.17, 15) is 19.5 Å². The molecular formula is C25H38N2O5S. The Bertz CT molecular complexity index is 760. The van der Waals surface area contributed by atoms with E-state index in [1.54, 1.807) is 11.8 Å². The molecule has 184 valence electrons. The predicted octanol–water partition coefficient (Wildman–Crippen LogP) is 3.36. The molecule has 4 unspecified atom stereocenters. The van der Waals surface area contributed by atoms with Crippen LogP contribution in [0.15, 0.2) is 30.3 Å². The summed E-state index contributed by atoms with van der Waals surface area (Å²) in [6.45, 7) is 6.15. The molecule has 1 aliphatic rings. The Balaban J connectivity index is 2.17. The van der Waals surface area contributed by atoms with Crippen molar-refractivity contribution < 1.29 is 24.2 Å². The van der Waals surface area contributed by atoms with Gasteiger partial charge in [0.05, 0.1) is 12.6 Å². The summed E-state index contributed by atoms with van der Waals surface area (Å²) in [7, 11) is 0. The van der Waals surface area contributed by atoms with E-state index in [1.165, 1.54) is 4.90 Å². The van der Waals surface area contributed by atoms with Crippen molar-refractivity contribution in [2.24, 2.45) is 5.92 Å². The number of unbranched alkanes of at least 4 members (excludes halogenated alkanes) is 1. The molecule has 0 spiro atoms. The maximum absolute atomic E-state index is 13.4. The highest BCUT2D eigenvalue weighted by Gasteiger charge is 2.38. The van der Waals surface area contributed by atoms with Gasteiger partial charge in [0.2, 0.25) is 5.91 Å². The molecule has 1 amide bonds. The molecule has 4 atom stereocenters. The second kappa shape index (κ2) is 14.3. The van der Waals surface area contributed by atoms with E-state index in [1.807, 2.05) is 44.2 Å². The lowest BCUT2D eigenvalue weighted by molar-refractivity contribution is -0.149. The van der Waals surface area contributed by atoms with Gasteiger partial charge in [-0.25, -0.2) is 0 Å². The number of rotatable bonds is 13. The average molecular weight is 479 g/mol. The van der Waals surface area contributed by atoms with Crippen molar-refractivity contribution in [1.29, 1.82) is 0 Å². The number of amides is 1. The first-order valence-corrected chi connectivity index (χ1v) is 13.1. The summed E-state index contributed by atoms with van der Waals surface area (Å²) in [5.74, 6) is -0.272. The zero-order valence-corrected chi connectivity index (χ0v) is 20.8. The molecule has 1 fully saturated rings. The van der Waals surface area contributed by atoms with Crippen LogP contribution in [0.4, 0.5) is 0 Å². The van der Waals surface area contributed by atoms with Crippen LogP contribution >= 0.6 is 11.8 Å². The Morgan fingerprint density at radius 3 is 2.61 bits per heavy atom. The smallest absolute Gasteiger partial charge is 0.323 e. The van der Waals surface area contributed by atoms with Gasteiger partial charge in [-0.1, -0.05) is 63.9 Å². The van der Waals surface area contributed by atoms with Gasteiger partial charge in [-0.2, -0.15) is 11.8 Å². The molecule has 0 aromatic heterocycles. The summed E-state index contributed by atoms with van der Waals surface area (Å²) in [6.07, 6.45) is 3.74. The summed E-state index contributed by atoms with van der Waals surface area (Å²) in [4.78, 5) is 39.3. The van der Waals surface area contributed by atoms with E-state index in [2.05, 4.69) is 12.2 Å². The minimum Gasteiger partial charge on any atom is -0.480 e. The molecule has 7 nitrogen and oxygen atoms in total. The number of hydrogen-bond acceptors (Lipinski definition) is 6. The number of carbonyl (C=O) groups excluding carboxylic acids is 2. The highest BCUT2D eigenvalue weighted by molar-refractivity contribution is 7.99. The Kier molecular flexibility index (Phi) is 11.7. The van der Waals surface area contributed by atoms with Crippen LogP contribution in [-0.2, 0) is 25.5 Å². The van der Waals surface area contributed by atoms with Crippen LogP contribution in [0.2, 0.25) is 0 Å². The number of esters is 1. The van der Waals surface area contributed by atoms with Gasteiger partial charge in [0.25, 0.3) is 0 Å². The summed E-state index contributed by atoms with van der Waals surface area (Å²) in [5, 5.41) is 12.7. The van der Waals surface area contributed by atoms with E-state index in [0.717, 1.165) is 24.8 Å². The van der Waals surface area contributed by atoms with Crippen LogP contribution in [0.3, 0.4) is 0 Å². The quantitative estimate of drug-likeness (QED) is 0.331. The molecule has 0 bridgehead atoms. The van der Waals surface area contributed by atoms with E-state index in [0.29, 0.717) is 31.0 Å². The van der Waals surface area contributed by atoms with Crippen LogP contribution in [0.25, 0.3) is 0 Å². The lowest BCUT2D eigenvalue weighted by Crippen LogP contribution is -2.56. The van der Waals surface area contributed by atoms with Crippen LogP contribution < -0.4 is 5.32 Å². The molecule has 1 saturated heterocycles. The first-order chi connectivity index (χ1) is 15.9. The number of hydrogen-bond donors (Lipinski definition) is 2. The third kappa shape index (κ3) is 8.66. The molecule has 33 heavy (non-hydrogen) atoms. The molecule has 0 saturated carbocycles. The first kappa shape index (κ1) is 27.2. The fourth-order valence-corrected chi connectivity index (χ4v) is 5.28. The van der Waals surface area contributed by atoms with E-state index in [4.69, 9.17) is 4.74 Å². The number of carbonyl (C=O) groups is 3. The third-order valence-corrected chi connectivity index (χ3v) is 7.30. The van der Waals surface area contributed by atoms with Gasteiger partial charge < -0.3 is 14.7 Å². The van der Waals surface area contributed by atoms with Crippen LogP contribution in [-0.4, -0.2) is 70.6 Å². The predicted molar refractivity (Wildman–Crippen MR) is 131 cm³/mol. The van der Waals surface area contributed by atoms with Gasteiger partial charge in [-0.05, 0) is 30.7 Å². The van der Waals surface area contributed by atoms with Crippen LogP contribution in [0.5, 0.6) is 0 Å². The number of carboxylic acid groups (broad SMARTS) is 1. The maximum atomic E-state index is 13.4. The molecule has 1 aliphatic heterocycles. The molecular weight excluding hydrogens is 440 g/mol. The molecule has 1 aromatic rings. The minimum absolute atomic E-state index is 0.144. The molecule has 0 aliphatic carbocycles. The summed E-state index contributed by atoms with van der Waals surface area (Å²) >= 11 is 1.63. The zero-order chi connectivity index (χ0) is 24.2. The zero-order valence-electron chi connectivity index (χ0n) is 20.0. The fraction of sp³-hybridized carbons (Fsp3) is 0.640. The first-order valence-electron chi connectivity index (χ1n) is 11.9. The number of carboxylic acids is 1.